The molecule has 1 atom stereocenters. The molecule has 6 nitrogen and oxygen atoms in total. The highest BCUT2D eigenvalue weighted by atomic mass is 79.9. The molecule has 0 saturated heterocycles. The summed E-state index contributed by atoms with van der Waals surface area (Å²) in [4.78, 5) is 15.8. The number of nitrogens with zero attached hydrogens (tertiary/aromatic N) is 1. The van der Waals surface area contributed by atoms with E-state index in [4.69, 9.17) is 9.47 Å². The Balaban J connectivity index is 0.00000625. The highest BCUT2D eigenvalue weighted by Gasteiger charge is 2.16. The Morgan fingerprint density at radius 3 is 2.72 bits per heavy atom. The predicted octanol–water partition coefficient (Wildman–Crippen LogP) is 4.02. The molecule has 1 aromatic carbocycles. The number of rotatable bonds is 6. The van der Waals surface area contributed by atoms with Gasteiger partial charge in [0.1, 0.15) is 30.5 Å². The van der Waals surface area contributed by atoms with E-state index in [1.54, 1.807) is 45.9 Å². The molecule has 0 aliphatic rings. The third-order valence-electron chi connectivity index (χ3n) is 2.86. The minimum absolute atomic E-state index is 0. The van der Waals surface area contributed by atoms with Gasteiger partial charge in [-0.15, -0.1) is 0 Å². The van der Waals surface area contributed by atoms with Gasteiger partial charge in [0.05, 0.1) is 17.1 Å². The van der Waals surface area contributed by atoms with Crippen LogP contribution >= 0.6 is 15.9 Å². The molecule has 2 N–H and O–H groups in total. The first-order chi connectivity index (χ1) is 11.6. The molecule has 0 fully saturated rings. The van der Waals surface area contributed by atoms with Crippen molar-refractivity contribution in [2.45, 2.75) is 39.4 Å². The van der Waals surface area contributed by atoms with Gasteiger partial charge in [-0.2, -0.15) is 0 Å². The van der Waals surface area contributed by atoms with Crippen LogP contribution in [0.2, 0.25) is 0 Å². The van der Waals surface area contributed by atoms with Gasteiger partial charge in [-0.25, -0.2) is 9.18 Å². The molecule has 25 heavy (non-hydrogen) atoms. The topological polar surface area (TPSA) is 80.2 Å². The highest BCUT2D eigenvalue weighted by Crippen LogP contribution is 2.28. The summed E-state index contributed by atoms with van der Waals surface area (Å²) in [7, 11) is 0. The Hall–Kier alpha value is -1.67. The molecule has 0 aromatic heterocycles. The molecule has 0 aliphatic carbocycles. The monoisotopic (exact) mass is 420 g/mol. The zero-order valence-corrected chi connectivity index (χ0v) is 16.4. The Bertz CT molecular complexity index is 623. The average molecular weight is 421 g/mol. The highest BCUT2D eigenvalue weighted by molar-refractivity contribution is 9.10. The number of alkyl halides is 1. The maximum Gasteiger partial charge on any atom is 0.413 e. The molecule has 1 unspecified atom stereocenters. The second kappa shape index (κ2) is 9.72. The van der Waals surface area contributed by atoms with Crippen LogP contribution in [-0.4, -0.2) is 42.5 Å². The lowest BCUT2D eigenvalue weighted by molar-refractivity contribution is 0.0562. The number of nitrogens with one attached hydrogen (secondary N) is 1. The van der Waals surface area contributed by atoms with Gasteiger partial charge in [0.25, 0.3) is 0 Å². The van der Waals surface area contributed by atoms with Gasteiger partial charge in [-0.1, -0.05) is 6.07 Å². The number of hydrogen-bond acceptors (Lipinski definition) is 5. The summed E-state index contributed by atoms with van der Waals surface area (Å²) in [6, 6.07) is 5.01. The van der Waals surface area contributed by atoms with E-state index in [-0.39, 0.29) is 14.6 Å². The number of aliphatic hydroxyl groups excluding tert-OH is 1. The minimum Gasteiger partial charge on any atom is -0.490 e. The van der Waals surface area contributed by atoms with Crippen molar-refractivity contribution in [1.29, 1.82) is 0 Å². The number of halogens is 2. The number of ether oxygens (including phenoxy) is 2. The van der Waals surface area contributed by atoms with Crippen LogP contribution in [0.1, 0.15) is 40.8 Å². The molecule has 1 rings (SSSR count). The van der Waals surface area contributed by atoms with Crippen molar-refractivity contribution in [1.82, 2.24) is 5.32 Å². The lowest BCUT2D eigenvalue weighted by atomic mass is 10.1. The fourth-order valence-electron chi connectivity index (χ4n) is 1.81. The van der Waals surface area contributed by atoms with E-state index < -0.39 is 24.5 Å². The average Bonchev–Trinajstić information content (AvgIpc) is 2.49. The largest absolute Gasteiger partial charge is 0.490 e. The molecule has 1 aromatic rings. The summed E-state index contributed by atoms with van der Waals surface area (Å²) in [5.41, 5.74) is 0.0237. The van der Waals surface area contributed by atoms with Crippen molar-refractivity contribution in [3.63, 3.8) is 0 Å². The Labute approximate surface area is 157 Å². The molecule has 0 heterocycles. The van der Waals surface area contributed by atoms with Crippen LogP contribution in [0.4, 0.5) is 9.18 Å². The summed E-state index contributed by atoms with van der Waals surface area (Å²) >= 11 is 3.32. The quantitative estimate of drug-likeness (QED) is 0.537. The predicted molar refractivity (Wildman–Crippen MR) is 100 cm³/mol. The fourth-order valence-corrected chi connectivity index (χ4v) is 2.32. The molecule has 0 bridgehead atoms. The van der Waals surface area contributed by atoms with Gasteiger partial charge >= 0.3 is 6.09 Å². The van der Waals surface area contributed by atoms with Crippen molar-refractivity contribution in [2.75, 3.05) is 19.8 Å². The van der Waals surface area contributed by atoms with Crippen molar-refractivity contribution in [2.24, 2.45) is 4.99 Å². The van der Waals surface area contributed by atoms with E-state index in [0.29, 0.717) is 21.6 Å². The Kier molecular flexibility index (Phi) is 8.31. The van der Waals surface area contributed by atoms with Crippen LogP contribution in [0, 0.1) is 0 Å². The lowest BCUT2D eigenvalue weighted by Gasteiger charge is -2.19. The van der Waals surface area contributed by atoms with E-state index in [9.17, 15) is 14.3 Å². The van der Waals surface area contributed by atoms with E-state index >= 15 is 0 Å². The third-order valence-corrected chi connectivity index (χ3v) is 3.48. The third kappa shape index (κ3) is 8.31. The number of amidine groups is 1. The summed E-state index contributed by atoms with van der Waals surface area (Å²) < 4.78 is 23.1. The number of aliphatic hydroxyl groups is 1. The van der Waals surface area contributed by atoms with Crippen LogP contribution in [0.5, 0.6) is 5.75 Å². The zero-order valence-electron chi connectivity index (χ0n) is 14.8. The van der Waals surface area contributed by atoms with Crippen molar-refractivity contribution in [3.8, 4) is 5.75 Å². The number of carbonyl (C=O) groups is 1. The van der Waals surface area contributed by atoms with Crippen LogP contribution < -0.4 is 10.1 Å². The van der Waals surface area contributed by atoms with Gasteiger partial charge in [0, 0.05) is 1.43 Å². The van der Waals surface area contributed by atoms with Crippen LogP contribution in [-0.2, 0) is 4.74 Å². The van der Waals surface area contributed by atoms with Gasteiger partial charge in [0.2, 0.25) is 0 Å². The number of carbonyl (C=O) groups excluding carboxylic acids is 1. The SMILES string of the molecule is CC(=NCC(O)c1ccc(OCCF)c(Br)c1)NC(=O)OC(C)(C)C.[HH]. The molecule has 0 aliphatic heterocycles. The van der Waals surface area contributed by atoms with Crippen LogP contribution in [0.3, 0.4) is 0 Å². The fraction of sp³-hybridized carbons (Fsp3) is 0.529. The van der Waals surface area contributed by atoms with Gasteiger partial charge in [-0.05, 0) is 61.3 Å². The first-order valence-electron chi connectivity index (χ1n) is 7.79. The zero-order chi connectivity index (χ0) is 19.0. The van der Waals surface area contributed by atoms with Crippen LogP contribution in [0.15, 0.2) is 27.7 Å². The van der Waals surface area contributed by atoms with E-state index in [1.165, 1.54) is 0 Å². The minimum atomic E-state index is -0.859. The first kappa shape index (κ1) is 21.4. The van der Waals surface area contributed by atoms with Gasteiger partial charge in [-0.3, -0.25) is 10.3 Å². The van der Waals surface area contributed by atoms with E-state index in [2.05, 4.69) is 26.2 Å². The molecule has 0 spiro atoms. The summed E-state index contributed by atoms with van der Waals surface area (Å²) in [5, 5.41) is 12.7. The van der Waals surface area contributed by atoms with Crippen molar-refractivity contribution >= 4 is 27.9 Å². The second-order valence-electron chi connectivity index (χ2n) is 6.30. The van der Waals surface area contributed by atoms with E-state index in [0.717, 1.165) is 0 Å². The molecule has 0 saturated carbocycles. The maximum atomic E-state index is 12.1. The van der Waals surface area contributed by atoms with Crippen molar-refractivity contribution in [3.05, 3.63) is 28.2 Å². The standard InChI is InChI=1S/C17H24BrFN2O4.H2/c1-11(21-16(23)25-17(2,3)4)20-10-14(22)12-5-6-15(13(18)9-12)24-8-7-19;/h5-6,9,14,22H,7-8,10H2,1-4H3,(H,20,21,23);1H. The summed E-state index contributed by atoms with van der Waals surface area (Å²) in [5.74, 6) is 0.843. The first-order valence-corrected chi connectivity index (χ1v) is 8.59. The number of hydrogen-bond donors (Lipinski definition) is 2. The van der Waals surface area contributed by atoms with E-state index in [1.807, 2.05) is 0 Å². The molecule has 0 radical (unpaired) electrons. The second-order valence-corrected chi connectivity index (χ2v) is 7.15. The number of aliphatic imine (C=N–C) groups is 1. The molecular formula is C17H26BrFN2O4. The number of amides is 1. The number of alkyl carbamates (subject to hydrolysis) is 1. The van der Waals surface area contributed by atoms with Gasteiger partial charge < -0.3 is 14.6 Å². The molecular weight excluding hydrogens is 395 g/mol. The van der Waals surface area contributed by atoms with Crippen molar-refractivity contribution < 1.29 is 25.2 Å². The van der Waals surface area contributed by atoms with Gasteiger partial charge in [0.15, 0.2) is 0 Å². The summed E-state index contributed by atoms with van der Waals surface area (Å²) in [6.07, 6.45) is -1.46. The molecule has 142 valence electrons. The maximum absolute atomic E-state index is 12.1. The Morgan fingerprint density at radius 2 is 2.16 bits per heavy atom. The Morgan fingerprint density at radius 1 is 1.48 bits per heavy atom. The smallest absolute Gasteiger partial charge is 0.413 e. The lowest BCUT2D eigenvalue weighted by Crippen LogP contribution is -2.35. The summed E-state index contributed by atoms with van der Waals surface area (Å²) in [6.45, 7) is 6.37. The normalized spacial score (nSPS) is 13.3. The number of benzene rings is 1. The van der Waals surface area contributed by atoms with Crippen LogP contribution in [0.25, 0.3) is 0 Å². The molecule has 8 heteroatoms. The molecule has 1 amide bonds.